The van der Waals surface area contributed by atoms with Gasteiger partial charge in [0.25, 0.3) is 0 Å². The predicted molar refractivity (Wildman–Crippen MR) is 70.4 cm³/mol. The Hall–Kier alpha value is -1.35. The number of hydrogen-bond acceptors (Lipinski definition) is 2. The summed E-state index contributed by atoms with van der Waals surface area (Å²) in [6.07, 6.45) is 0. The van der Waals surface area contributed by atoms with Crippen molar-refractivity contribution in [1.29, 1.82) is 0 Å². The maximum Gasteiger partial charge on any atom is 0.241 e. The Balaban J connectivity index is 2.32. The highest BCUT2D eigenvalue weighted by Crippen LogP contribution is 2.40. The van der Waals surface area contributed by atoms with Gasteiger partial charge in [-0.2, -0.15) is 0 Å². The fourth-order valence-electron chi connectivity index (χ4n) is 2.43. The van der Waals surface area contributed by atoms with Gasteiger partial charge in [0, 0.05) is 17.6 Å². The molecular formula is C14H20N2O. The first-order chi connectivity index (χ1) is 7.92. The van der Waals surface area contributed by atoms with Gasteiger partial charge in [0.05, 0.1) is 6.54 Å². The summed E-state index contributed by atoms with van der Waals surface area (Å²) in [5.41, 5.74) is 2.40. The Morgan fingerprint density at radius 3 is 2.65 bits per heavy atom. The van der Waals surface area contributed by atoms with Crippen molar-refractivity contribution < 1.29 is 4.79 Å². The van der Waals surface area contributed by atoms with Crippen LogP contribution >= 0.6 is 0 Å². The number of anilines is 1. The van der Waals surface area contributed by atoms with Gasteiger partial charge in [0.15, 0.2) is 0 Å². The average molecular weight is 232 g/mol. The summed E-state index contributed by atoms with van der Waals surface area (Å²) in [6, 6.07) is 8.20. The average Bonchev–Trinajstić information content (AvgIpc) is 2.51. The molecule has 92 valence electrons. The number of amides is 1. The zero-order chi connectivity index (χ0) is 12.6. The fraction of sp³-hybridized carbons (Fsp3) is 0.500. The molecule has 0 saturated heterocycles. The van der Waals surface area contributed by atoms with E-state index in [1.54, 1.807) is 0 Å². The van der Waals surface area contributed by atoms with E-state index in [0.29, 0.717) is 6.54 Å². The van der Waals surface area contributed by atoms with Crippen LogP contribution in [0.5, 0.6) is 0 Å². The number of para-hydroxylation sites is 1. The molecule has 3 heteroatoms. The van der Waals surface area contributed by atoms with Crippen LogP contribution in [0.1, 0.15) is 19.4 Å². The van der Waals surface area contributed by atoms with E-state index in [4.69, 9.17) is 0 Å². The van der Waals surface area contributed by atoms with Gasteiger partial charge in [-0.05, 0) is 25.7 Å². The zero-order valence-electron chi connectivity index (χ0n) is 11.0. The Morgan fingerprint density at radius 2 is 2.00 bits per heavy atom. The van der Waals surface area contributed by atoms with Crippen molar-refractivity contribution in [2.24, 2.45) is 0 Å². The maximum atomic E-state index is 12.2. The normalized spacial score (nSPS) is 17.4. The molecule has 1 heterocycles. The van der Waals surface area contributed by atoms with Gasteiger partial charge in [0.2, 0.25) is 5.91 Å². The Morgan fingerprint density at radius 1 is 1.35 bits per heavy atom. The molecule has 1 amide bonds. The second-order valence-corrected chi connectivity index (χ2v) is 5.62. The molecule has 0 bridgehead atoms. The molecule has 0 spiro atoms. The van der Waals surface area contributed by atoms with Crippen LogP contribution in [0.25, 0.3) is 0 Å². The topological polar surface area (TPSA) is 23.6 Å². The molecular weight excluding hydrogens is 212 g/mol. The van der Waals surface area contributed by atoms with Crippen molar-refractivity contribution in [2.45, 2.75) is 19.3 Å². The smallest absolute Gasteiger partial charge is 0.241 e. The van der Waals surface area contributed by atoms with Crippen LogP contribution in [-0.2, 0) is 10.2 Å². The van der Waals surface area contributed by atoms with Gasteiger partial charge in [-0.1, -0.05) is 32.0 Å². The third kappa shape index (κ3) is 2.20. The van der Waals surface area contributed by atoms with Gasteiger partial charge >= 0.3 is 0 Å². The monoisotopic (exact) mass is 232 g/mol. The molecule has 1 aromatic rings. The summed E-state index contributed by atoms with van der Waals surface area (Å²) < 4.78 is 0. The molecule has 1 aromatic carbocycles. The van der Waals surface area contributed by atoms with Crippen molar-refractivity contribution in [3.8, 4) is 0 Å². The highest BCUT2D eigenvalue weighted by Gasteiger charge is 2.37. The first kappa shape index (κ1) is 12.1. The highest BCUT2D eigenvalue weighted by atomic mass is 16.2. The number of nitrogens with zero attached hydrogens (tertiary/aromatic N) is 2. The fourth-order valence-corrected chi connectivity index (χ4v) is 2.43. The second-order valence-electron chi connectivity index (χ2n) is 5.62. The lowest BCUT2D eigenvalue weighted by atomic mass is 9.87. The predicted octanol–water partition coefficient (Wildman–Crippen LogP) is 1.87. The molecule has 0 radical (unpaired) electrons. The first-order valence-electron chi connectivity index (χ1n) is 5.96. The van der Waals surface area contributed by atoms with Crippen molar-refractivity contribution in [2.75, 3.05) is 32.1 Å². The Bertz CT molecular complexity index is 438. The minimum atomic E-state index is 0.0541. The van der Waals surface area contributed by atoms with Gasteiger partial charge in [-0.15, -0.1) is 0 Å². The Labute approximate surface area is 103 Å². The number of likely N-dealkylation sites (N-methyl/N-ethyl adjacent to an activating group) is 1. The van der Waals surface area contributed by atoms with E-state index in [9.17, 15) is 4.79 Å². The third-order valence-electron chi connectivity index (χ3n) is 3.23. The maximum absolute atomic E-state index is 12.2. The lowest BCUT2D eigenvalue weighted by Gasteiger charge is -2.22. The number of carbonyl (C=O) groups is 1. The van der Waals surface area contributed by atoms with Crippen molar-refractivity contribution in [3.63, 3.8) is 0 Å². The molecule has 0 aromatic heterocycles. The number of fused-ring (bicyclic) bond motifs is 1. The summed E-state index contributed by atoms with van der Waals surface area (Å²) in [6.45, 7) is 5.62. The largest absolute Gasteiger partial charge is 0.310 e. The van der Waals surface area contributed by atoms with E-state index in [0.717, 1.165) is 12.2 Å². The second kappa shape index (κ2) is 4.15. The molecule has 2 rings (SSSR count). The summed E-state index contributed by atoms with van der Waals surface area (Å²) in [4.78, 5) is 16.0. The SMILES string of the molecule is CN(C)CC(=O)N1CC(C)(C)c2ccccc21. The van der Waals surface area contributed by atoms with Crippen molar-refractivity contribution in [3.05, 3.63) is 29.8 Å². The van der Waals surface area contributed by atoms with Crippen LogP contribution in [0.15, 0.2) is 24.3 Å². The van der Waals surface area contributed by atoms with Crippen molar-refractivity contribution in [1.82, 2.24) is 4.90 Å². The van der Waals surface area contributed by atoms with E-state index in [1.165, 1.54) is 5.56 Å². The molecule has 0 fully saturated rings. The molecule has 17 heavy (non-hydrogen) atoms. The quantitative estimate of drug-likeness (QED) is 0.777. The molecule has 0 atom stereocenters. The van der Waals surface area contributed by atoms with E-state index >= 15 is 0 Å². The number of hydrogen-bond donors (Lipinski definition) is 0. The van der Waals surface area contributed by atoms with E-state index < -0.39 is 0 Å². The number of rotatable bonds is 2. The number of carbonyl (C=O) groups excluding carboxylic acids is 1. The summed E-state index contributed by atoms with van der Waals surface area (Å²) in [7, 11) is 3.84. The third-order valence-corrected chi connectivity index (χ3v) is 3.23. The van der Waals surface area contributed by atoms with Crippen LogP contribution in [0.2, 0.25) is 0 Å². The van der Waals surface area contributed by atoms with Crippen LogP contribution in [-0.4, -0.2) is 38.0 Å². The van der Waals surface area contributed by atoms with Crippen LogP contribution in [0.4, 0.5) is 5.69 Å². The van der Waals surface area contributed by atoms with E-state index in [1.807, 2.05) is 42.1 Å². The van der Waals surface area contributed by atoms with Crippen molar-refractivity contribution >= 4 is 11.6 Å². The molecule has 1 aliphatic rings. The molecule has 0 aliphatic carbocycles. The first-order valence-corrected chi connectivity index (χ1v) is 5.96. The minimum Gasteiger partial charge on any atom is -0.310 e. The van der Waals surface area contributed by atoms with Gasteiger partial charge < -0.3 is 9.80 Å². The Kier molecular flexibility index (Phi) is 2.96. The van der Waals surface area contributed by atoms with Gasteiger partial charge in [-0.3, -0.25) is 4.79 Å². The lowest BCUT2D eigenvalue weighted by Crippen LogP contribution is -2.39. The molecule has 1 aliphatic heterocycles. The standard InChI is InChI=1S/C14H20N2O/c1-14(2)10-16(13(17)9-15(3)4)12-8-6-5-7-11(12)14/h5-8H,9-10H2,1-4H3. The summed E-state index contributed by atoms with van der Waals surface area (Å²) in [5.74, 6) is 0.174. The van der Waals surface area contributed by atoms with E-state index in [2.05, 4.69) is 19.9 Å². The lowest BCUT2D eigenvalue weighted by molar-refractivity contribution is -0.119. The zero-order valence-corrected chi connectivity index (χ0v) is 11.0. The van der Waals surface area contributed by atoms with Crippen LogP contribution in [0, 0.1) is 0 Å². The van der Waals surface area contributed by atoms with Gasteiger partial charge in [0.1, 0.15) is 0 Å². The molecule has 0 N–H and O–H groups in total. The van der Waals surface area contributed by atoms with E-state index in [-0.39, 0.29) is 11.3 Å². The molecule has 0 saturated carbocycles. The number of benzene rings is 1. The van der Waals surface area contributed by atoms with Crippen LogP contribution < -0.4 is 4.90 Å². The summed E-state index contributed by atoms with van der Waals surface area (Å²) >= 11 is 0. The molecule has 3 nitrogen and oxygen atoms in total. The summed E-state index contributed by atoms with van der Waals surface area (Å²) in [5, 5.41) is 0. The van der Waals surface area contributed by atoms with Gasteiger partial charge in [-0.25, -0.2) is 0 Å². The van der Waals surface area contributed by atoms with Crippen LogP contribution in [0.3, 0.4) is 0 Å². The highest BCUT2D eigenvalue weighted by molar-refractivity contribution is 5.97. The minimum absolute atomic E-state index is 0.0541. The molecule has 0 unspecified atom stereocenters.